The number of benzene rings is 2. The van der Waals surface area contributed by atoms with Crippen molar-refractivity contribution < 1.29 is 42.5 Å². The van der Waals surface area contributed by atoms with Gasteiger partial charge in [0.15, 0.2) is 24.7 Å². The van der Waals surface area contributed by atoms with E-state index >= 15 is 4.39 Å². The third-order valence-corrected chi connectivity index (χ3v) is 5.96. The van der Waals surface area contributed by atoms with E-state index in [1.165, 1.54) is 19.2 Å². The first-order chi connectivity index (χ1) is 18.0. The Kier molecular flexibility index (Phi) is 8.81. The number of halogens is 1. The summed E-state index contributed by atoms with van der Waals surface area (Å²) in [6.45, 7) is -0.479. The summed E-state index contributed by atoms with van der Waals surface area (Å²) in [5.41, 5.74) is 0.860. The van der Waals surface area contributed by atoms with Gasteiger partial charge in [0.05, 0.1) is 11.1 Å². The number of carbonyl (C=O) groups excluding carboxylic acids is 3. The van der Waals surface area contributed by atoms with E-state index in [1.54, 1.807) is 60.7 Å². The Hall–Kier alpha value is -3.82. The van der Waals surface area contributed by atoms with Gasteiger partial charge in [-0.1, -0.05) is 54.6 Å². The molecule has 0 radical (unpaired) electrons. The highest BCUT2D eigenvalue weighted by Crippen LogP contribution is 2.31. The van der Waals surface area contributed by atoms with Gasteiger partial charge in [0, 0.05) is 12.7 Å². The molecular weight excluding hydrogens is 483 g/mol. The average molecular weight is 511 g/mol. The van der Waals surface area contributed by atoms with E-state index in [-0.39, 0.29) is 11.1 Å². The van der Waals surface area contributed by atoms with Crippen molar-refractivity contribution in [1.29, 1.82) is 0 Å². The molecule has 5 atom stereocenters. The van der Waals surface area contributed by atoms with Gasteiger partial charge in [-0.05, 0) is 37.1 Å². The van der Waals surface area contributed by atoms with E-state index in [0.29, 0.717) is 18.4 Å². The van der Waals surface area contributed by atoms with E-state index in [1.807, 2.05) is 6.08 Å². The minimum Gasteiger partial charge on any atom is -0.459 e. The van der Waals surface area contributed by atoms with Gasteiger partial charge in [-0.2, -0.15) is 0 Å². The van der Waals surface area contributed by atoms with Gasteiger partial charge in [0.25, 0.3) is 0 Å². The third-order valence-electron chi connectivity index (χ3n) is 5.96. The van der Waals surface area contributed by atoms with Gasteiger partial charge >= 0.3 is 17.9 Å². The second-order valence-corrected chi connectivity index (χ2v) is 8.45. The Morgan fingerprint density at radius 2 is 1.51 bits per heavy atom. The molecule has 4 unspecified atom stereocenters. The van der Waals surface area contributed by atoms with Gasteiger partial charge in [-0.15, -0.1) is 0 Å². The number of alkyl halides is 1. The molecule has 9 heteroatoms. The van der Waals surface area contributed by atoms with E-state index in [2.05, 4.69) is 0 Å². The average Bonchev–Trinajstić information content (AvgIpc) is 2.95. The zero-order chi connectivity index (χ0) is 26.2. The molecule has 1 aliphatic carbocycles. The lowest BCUT2D eigenvalue weighted by Gasteiger charge is -2.41. The monoisotopic (exact) mass is 510 g/mol. The Labute approximate surface area is 213 Å². The van der Waals surface area contributed by atoms with Crippen LogP contribution >= 0.6 is 0 Å². The number of methoxy groups -OCH3 is 1. The lowest BCUT2D eigenvalue weighted by atomic mass is 9.99. The zero-order valence-electron chi connectivity index (χ0n) is 20.2. The second-order valence-electron chi connectivity index (χ2n) is 8.45. The molecule has 1 fully saturated rings. The smallest absolute Gasteiger partial charge is 0.338 e. The molecule has 2 aliphatic rings. The van der Waals surface area contributed by atoms with Gasteiger partial charge in [0.1, 0.15) is 12.7 Å². The Balaban J connectivity index is 1.54. The van der Waals surface area contributed by atoms with Crippen molar-refractivity contribution in [3.63, 3.8) is 0 Å². The highest BCUT2D eigenvalue weighted by atomic mass is 19.1. The molecule has 0 amide bonds. The predicted molar refractivity (Wildman–Crippen MR) is 129 cm³/mol. The van der Waals surface area contributed by atoms with Crippen LogP contribution in [0.25, 0.3) is 0 Å². The maximum Gasteiger partial charge on any atom is 0.338 e. The van der Waals surface area contributed by atoms with Gasteiger partial charge < -0.3 is 23.7 Å². The van der Waals surface area contributed by atoms with Crippen molar-refractivity contribution in [2.45, 2.75) is 43.6 Å². The van der Waals surface area contributed by atoms with E-state index in [0.717, 1.165) is 0 Å². The number of rotatable bonds is 8. The lowest BCUT2D eigenvalue weighted by molar-refractivity contribution is -0.285. The van der Waals surface area contributed by atoms with Crippen LogP contribution in [-0.2, 0) is 28.5 Å². The van der Waals surface area contributed by atoms with Crippen LogP contribution in [0.2, 0.25) is 0 Å². The molecular formula is C28H27FO8. The van der Waals surface area contributed by atoms with Crippen LogP contribution in [0.3, 0.4) is 0 Å². The number of hydrogen-bond donors (Lipinski definition) is 0. The fourth-order valence-corrected chi connectivity index (χ4v) is 4.00. The molecule has 8 nitrogen and oxygen atoms in total. The summed E-state index contributed by atoms with van der Waals surface area (Å²) in [5.74, 6) is -2.18. The molecule has 1 saturated heterocycles. The molecule has 1 aliphatic heterocycles. The maximum atomic E-state index is 15.8. The number of esters is 3. The molecule has 0 spiro atoms. The molecule has 4 rings (SSSR count). The lowest BCUT2D eigenvalue weighted by Crippen LogP contribution is -2.60. The molecule has 1 heterocycles. The summed E-state index contributed by atoms with van der Waals surface area (Å²) in [6, 6.07) is 16.3. The van der Waals surface area contributed by atoms with Crippen LogP contribution in [0.4, 0.5) is 4.39 Å². The van der Waals surface area contributed by atoms with E-state index in [4.69, 9.17) is 23.7 Å². The summed E-state index contributed by atoms with van der Waals surface area (Å²) in [7, 11) is 1.28. The molecule has 2 aromatic rings. The third kappa shape index (κ3) is 6.49. The molecule has 194 valence electrons. The quantitative estimate of drug-likeness (QED) is 0.389. The standard InChI is InChI=1S/C28H27FO8/c1-33-28-24(37-27(32)20-15-9-4-10-16-20)23(36-26(31)19-13-7-3-8-14-19)22(29)21(35-28)17-34-25(30)18-11-5-2-6-12-18/h2-7,9-13,15-16,21-24,28H,8,14,17H2,1H3/t21?,22?,23?,24-,28?/m0/s1. The number of hydrogen-bond acceptors (Lipinski definition) is 8. The van der Waals surface area contributed by atoms with Crippen molar-refractivity contribution in [2.75, 3.05) is 13.7 Å². The highest BCUT2D eigenvalue weighted by Gasteiger charge is 2.52. The maximum absolute atomic E-state index is 15.8. The largest absolute Gasteiger partial charge is 0.459 e. The fraction of sp³-hybridized carbons (Fsp3) is 0.321. The van der Waals surface area contributed by atoms with Gasteiger partial charge in [0.2, 0.25) is 0 Å². The number of carbonyl (C=O) groups is 3. The minimum absolute atomic E-state index is 0.219. The Bertz CT molecular complexity index is 1150. The molecule has 37 heavy (non-hydrogen) atoms. The van der Waals surface area contributed by atoms with E-state index < -0.39 is 55.3 Å². The van der Waals surface area contributed by atoms with Crippen LogP contribution in [0.5, 0.6) is 0 Å². The zero-order valence-corrected chi connectivity index (χ0v) is 20.2. The van der Waals surface area contributed by atoms with Crippen LogP contribution in [-0.4, -0.2) is 62.4 Å². The minimum atomic E-state index is -1.99. The Morgan fingerprint density at radius 3 is 2.11 bits per heavy atom. The van der Waals surface area contributed by atoms with Crippen molar-refractivity contribution in [3.05, 3.63) is 95.6 Å². The first-order valence-electron chi connectivity index (χ1n) is 11.8. The van der Waals surface area contributed by atoms with Gasteiger partial charge in [-0.3, -0.25) is 0 Å². The van der Waals surface area contributed by atoms with E-state index in [9.17, 15) is 14.4 Å². The normalized spacial score (nSPS) is 25.0. The van der Waals surface area contributed by atoms with Crippen LogP contribution in [0, 0.1) is 0 Å². The summed E-state index contributed by atoms with van der Waals surface area (Å²) in [4.78, 5) is 38.0. The first-order valence-corrected chi connectivity index (χ1v) is 11.8. The molecule has 0 N–H and O–H groups in total. The van der Waals surface area contributed by atoms with Crippen molar-refractivity contribution in [2.24, 2.45) is 0 Å². The molecule has 0 aromatic heterocycles. The predicted octanol–water partition coefficient (Wildman–Crippen LogP) is 3.97. The van der Waals surface area contributed by atoms with Crippen molar-refractivity contribution in [1.82, 2.24) is 0 Å². The molecule has 2 aromatic carbocycles. The second kappa shape index (κ2) is 12.4. The topological polar surface area (TPSA) is 97.4 Å². The van der Waals surface area contributed by atoms with Crippen molar-refractivity contribution >= 4 is 17.9 Å². The van der Waals surface area contributed by atoms with Crippen molar-refractivity contribution in [3.8, 4) is 0 Å². The molecule has 0 saturated carbocycles. The number of allylic oxidation sites excluding steroid dienone is 3. The Morgan fingerprint density at radius 1 is 0.892 bits per heavy atom. The summed E-state index contributed by atoms with van der Waals surface area (Å²) < 4.78 is 43.2. The highest BCUT2D eigenvalue weighted by molar-refractivity contribution is 5.90. The summed E-state index contributed by atoms with van der Waals surface area (Å²) in [5, 5.41) is 0. The SMILES string of the molecule is COC1OC(COC(=O)c2ccccc2)C(F)C(OC(=O)C2=CC=CCC2)[C@@H]1OC(=O)c1ccccc1. The van der Waals surface area contributed by atoms with Crippen LogP contribution < -0.4 is 0 Å². The van der Waals surface area contributed by atoms with Crippen LogP contribution in [0.15, 0.2) is 84.5 Å². The first kappa shape index (κ1) is 26.2. The summed E-state index contributed by atoms with van der Waals surface area (Å²) >= 11 is 0. The molecule has 0 bridgehead atoms. The summed E-state index contributed by atoms with van der Waals surface area (Å²) in [6.07, 6.45) is -1.36. The van der Waals surface area contributed by atoms with Crippen LogP contribution in [0.1, 0.15) is 33.6 Å². The number of ether oxygens (including phenoxy) is 5. The fourth-order valence-electron chi connectivity index (χ4n) is 4.00. The van der Waals surface area contributed by atoms with Gasteiger partial charge in [-0.25, -0.2) is 18.8 Å².